The molecule has 1 spiro atoms. The van der Waals surface area contributed by atoms with Gasteiger partial charge in [-0.15, -0.1) is 0 Å². The van der Waals surface area contributed by atoms with Gasteiger partial charge in [0.15, 0.2) is 0 Å². The highest BCUT2D eigenvalue weighted by Gasteiger charge is 2.61. The highest BCUT2D eigenvalue weighted by atomic mass is 14.7. The summed E-state index contributed by atoms with van der Waals surface area (Å²) in [6, 6.07) is 0. The molecular formula is C20H32. The summed E-state index contributed by atoms with van der Waals surface area (Å²) in [5, 5.41) is 0. The summed E-state index contributed by atoms with van der Waals surface area (Å²) >= 11 is 0. The van der Waals surface area contributed by atoms with Gasteiger partial charge in [-0.05, 0) is 85.9 Å². The molecule has 0 amide bonds. The molecule has 0 heteroatoms. The number of rotatable bonds is 0. The van der Waals surface area contributed by atoms with E-state index in [-0.39, 0.29) is 0 Å². The van der Waals surface area contributed by atoms with E-state index < -0.39 is 0 Å². The Labute approximate surface area is 125 Å². The third-order valence-corrected chi connectivity index (χ3v) is 8.30. The van der Waals surface area contributed by atoms with Gasteiger partial charge in [-0.25, -0.2) is 0 Å². The van der Waals surface area contributed by atoms with E-state index in [1.54, 1.807) is 5.57 Å². The first-order chi connectivity index (χ1) is 9.37. The van der Waals surface area contributed by atoms with Crippen LogP contribution < -0.4 is 0 Å². The average molecular weight is 272 g/mol. The van der Waals surface area contributed by atoms with Crippen LogP contribution in [0.15, 0.2) is 11.6 Å². The van der Waals surface area contributed by atoms with Crippen molar-refractivity contribution >= 4 is 0 Å². The second kappa shape index (κ2) is 3.93. The van der Waals surface area contributed by atoms with E-state index >= 15 is 0 Å². The minimum atomic E-state index is 0.587. The minimum absolute atomic E-state index is 0.587. The molecule has 20 heavy (non-hydrogen) atoms. The first-order valence-corrected chi connectivity index (χ1v) is 9.07. The molecular weight excluding hydrogens is 240 g/mol. The normalized spacial score (nSPS) is 53.0. The minimum Gasteiger partial charge on any atom is -0.0788 e. The highest BCUT2D eigenvalue weighted by Crippen LogP contribution is 2.70. The van der Waals surface area contributed by atoms with Crippen molar-refractivity contribution in [2.45, 2.75) is 79.1 Å². The summed E-state index contributed by atoms with van der Waals surface area (Å²) in [5.74, 6) is 2.91. The SMILES string of the molecule is CC1=C[C@]23CC[C@H]1C[C@H]2[C@]1(C)CCCC(C)(C)[C@H]1CC3. The van der Waals surface area contributed by atoms with Gasteiger partial charge in [-0.2, -0.15) is 0 Å². The van der Waals surface area contributed by atoms with Gasteiger partial charge < -0.3 is 0 Å². The van der Waals surface area contributed by atoms with Crippen molar-refractivity contribution in [2.24, 2.45) is 34.0 Å². The largest absolute Gasteiger partial charge is 0.0788 e. The smallest absolute Gasteiger partial charge is 0.00815 e. The Bertz CT molecular complexity index is 457. The zero-order chi connectivity index (χ0) is 14.2. The molecule has 0 aromatic rings. The second-order valence-corrected chi connectivity index (χ2v) is 9.58. The molecule has 2 bridgehead atoms. The summed E-state index contributed by atoms with van der Waals surface area (Å²) in [6.07, 6.45) is 14.7. The lowest BCUT2D eigenvalue weighted by molar-refractivity contribution is -0.144. The molecule has 0 aromatic carbocycles. The maximum Gasteiger partial charge on any atom is -0.00815 e. The van der Waals surface area contributed by atoms with Gasteiger partial charge in [0, 0.05) is 0 Å². The quantitative estimate of drug-likeness (QED) is 0.476. The molecule has 0 radical (unpaired) electrons. The molecule has 5 atom stereocenters. The zero-order valence-electron chi connectivity index (χ0n) is 14.0. The lowest BCUT2D eigenvalue weighted by Crippen LogP contribution is -2.58. The van der Waals surface area contributed by atoms with E-state index in [2.05, 4.69) is 33.8 Å². The molecule has 5 rings (SSSR count). The third-order valence-electron chi connectivity index (χ3n) is 8.30. The molecule has 0 heterocycles. The van der Waals surface area contributed by atoms with Crippen LogP contribution in [0.3, 0.4) is 0 Å². The predicted molar refractivity (Wildman–Crippen MR) is 85.5 cm³/mol. The van der Waals surface area contributed by atoms with Gasteiger partial charge in [0.25, 0.3) is 0 Å². The molecule has 5 aliphatic carbocycles. The molecule has 0 aromatic heterocycles. The van der Waals surface area contributed by atoms with E-state index in [1.165, 1.54) is 51.4 Å². The van der Waals surface area contributed by atoms with Gasteiger partial charge in [-0.1, -0.05) is 38.8 Å². The third kappa shape index (κ3) is 1.54. The predicted octanol–water partition coefficient (Wildman–Crippen LogP) is 5.98. The van der Waals surface area contributed by atoms with Gasteiger partial charge in [0.05, 0.1) is 0 Å². The van der Waals surface area contributed by atoms with Crippen molar-refractivity contribution in [3.8, 4) is 0 Å². The van der Waals surface area contributed by atoms with Gasteiger partial charge in [0.1, 0.15) is 0 Å². The van der Waals surface area contributed by atoms with E-state index in [1.807, 2.05) is 0 Å². The number of hydrogen-bond acceptors (Lipinski definition) is 0. The molecule has 0 aliphatic heterocycles. The fourth-order valence-corrected chi connectivity index (χ4v) is 7.43. The summed E-state index contributed by atoms with van der Waals surface area (Å²) in [7, 11) is 0. The molecule has 0 saturated heterocycles. The Morgan fingerprint density at radius 1 is 0.950 bits per heavy atom. The summed E-state index contributed by atoms with van der Waals surface area (Å²) in [6.45, 7) is 10.2. The van der Waals surface area contributed by atoms with E-state index in [0.717, 1.165) is 17.8 Å². The van der Waals surface area contributed by atoms with Gasteiger partial charge in [-0.3, -0.25) is 0 Å². The van der Waals surface area contributed by atoms with Crippen LogP contribution in [-0.2, 0) is 0 Å². The zero-order valence-corrected chi connectivity index (χ0v) is 14.0. The van der Waals surface area contributed by atoms with Crippen LogP contribution in [-0.4, -0.2) is 0 Å². The number of hydrogen-bond donors (Lipinski definition) is 0. The topological polar surface area (TPSA) is 0 Å². The van der Waals surface area contributed by atoms with Crippen LogP contribution in [0.1, 0.15) is 79.1 Å². The second-order valence-electron chi connectivity index (χ2n) is 9.58. The molecule has 0 nitrogen and oxygen atoms in total. The maximum atomic E-state index is 2.76. The first-order valence-electron chi connectivity index (χ1n) is 9.07. The fourth-order valence-electron chi connectivity index (χ4n) is 7.43. The Kier molecular flexibility index (Phi) is 2.63. The van der Waals surface area contributed by atoms with Crippen LogP contribution in [0.2, 0.25) is 0 Å². The van der Waals surface area contributed by atoms with Crippen molar-refractivity contribution in [3.63, 3.8) is 0 Å². The molecule has 3 saturated carbocycles. The van der Waals surface area contributed by atoms with Gasteiger partial charge in [0.2, 0.25) is 0 Å². The highest BCUT2D eigenvalue weighted by molar-refractivity contribution is 5.25. The molecule has 0 N–H and O–H groups in total. The summed E-state index contributed by atoms with van der Waals surface area (Å²) in [5.41, 5.74) is 3.57. The Balaban J connectivity index is 1.77. The average Bonchev–Trinajstić information content (AvgIpc) is 2.37. The van der Waals surface area contributed by atoms with E-state index in [4.69, 9.17) is 0 Å². The number of allylic oxidation sites excluding steroid dienone is 2. The summed E-state index contributed by atoms with van der Waals surface area (Å²) < 4.78 is 0. The molecule has 3 fully saturated rings. The van der Waals surface area contributed by atoms with E-state index in [0.29, 0.717) is 16.2 Å². The van der Waals surface area contributed by atoms with Crippen molar-refractivity contribution in [1.82, 2.24) is 0 Å². The van der Waals surface area contributed by atoms with Crippen molar-refractivity contribution in [2.75, 3.05) is 0 Å². The van der Waals surface area contributed by atoms with Gasteiger partial charge >= 0.3 is 0 Å². The van der Waals surface area contributed by atoms with Crippen LogP contribution in [0.4, 0.5) is 0 Å². The van der Waals surface area contributed by atoms with Crippen molar-refractivity contribution < 1.29 is 0 Å². The maximum absolute atomic E-state index is 2.76. The molecule has 0 unspecified atom stereocenters. The van der Waals surface area contributed by atoms with Crippen LogP contribution in [0.5, 0.6) is 0 Å². The Morgan fingerprint density at radius 2 is 1.70 bits per heavy atom. The summed E-state index contributed by atoms with van der Waals surface area (Å²) in [4.78, 5) is 0. The van der Waals surface area contributed by atoms with Crippen LogP contribution >= 0.6 is 0 Å². The number of fused-ring (bicyclic) bond motifs is 2. The van der Waals surface area contributed by atoms with Crippen molar-refractivity contribution in [3.05, 3.63) is 11.6 Å². The monoisotopic (exact) mass is 272 g/mol. The van der Waals surface area contributed by atoms with E-state index in [9.17, 15) is 0 Å². The first kappa shape index (κ1) is 13.4. The Morgan fingerprint density at radius 3 is 2.45 bits per heavy atom. The molecule has 112 valence electrons. The van der Waals surface area contributed by atoms with Crippen LogP contribution in [0.25, 0.3) is 0 Å². The van der Waals surface area contributed by atoms with Crippen molar-refractivity contribution in [1.29, 1.82) is 0 Å². The Hall–Kier alpha value is -0.260. The van der Waals surface area contributed by atoms with Crippen LogP contribution in [0, 0.1) is 34.0 Å². The standard InChI is InChI=1S/C20H32/c1-14-13-20-10-6-15(14)12-17(20)19(4)9-5-8-18(2,3)16(19)7-11-20/h13,15-17H,5-12H2,1-4H3/t15-,16+,17-,19+,20+/m0/s1. The lowest BCUT2D eigenvalue weighted by Gasteiger charge is -2.66. The fraction of sp³-hybridized carbons (Fsp3) is 0.900. The molecule has 5 aliphatic rings. The lowest BCUT2D eigenvalue weighted by atomic mass is 9.38.